The van der Waals surface area contributed by atoms with E-state index in [0.717, 1.165) is 0 Å². The highest BCUT2D eigenvalue weighted by Crippen LogP contribution is 2.35. The molecule has 1 aliphatic carbocycles. The van der Waals surface area contributed by atoms with Gasteiger partial charge in [-0.1, -0.05) is 0 Å². The SMILES string of the molecule is Cc1cc(NC2CC(O)C2)nnc1-c1ncc(C(F)(F)F)cc1O. The van der Waals surface area contributed by atoms with Gasteiger partial charge < -0.3 is 15.5 Å². The Kier molecular flexibility index (Phi) is 4.04. The van der Waals surface area contributed by atoms with Crippen molar-refractivity contribution in [3.05, 3.63) is 29.5 Å². The number of nitrogens with zero attached hydrogens (tertiary/aromatic N) is 3. The highest BCUT2D eigenvalue weighted by atomic mass is 19.4. The largest absolute Gasteiger partial charge is 0.506 e. The smallest absolute Gasteiger partial charge is 0.418 e. The van der Waals surface area contributed by atoms with Crippen LogP contribution in [0.5, 0.6) is 5.75 Å². The van der Waals surface area contributed by atoms with Crippen molar-refractivity contribution in [2.75, 3.05) is 5.32 Å². The maximum Gasteiger partial charge on any atom is 0.418 e. The fourth-order valence-corrected chi connectivity index (χ4v) is 2.50. The summed E-state index contributed by atoms with van der Waals surface area (Å²) in [7, 11) is 0. The van der Waals surface area contributed by atoms with Crippen LogP contribution in [0.4, 0.5) is 19.0 Å². The molecule has 2 heterocycles. The minimum Gasteiger partial charge on any atom is -0.506 e. The number of rotatable bonds is 3. The molecule has 3 rings (SSSR count). The van der Waals surface area contributed by atoms with Crippen LogP contribution < -0.4 is 5.32 Å². The molecule has 0 saturated heterocycles. The second kappa shape index (κ2) is 5.90. The molecule has 24 heavy (non-hydrogen) atoms. The first-order valence-corrected chi connectivity index (χ1v) is 7.29. The van der Waals surface area contributed by atoms with Crippen molar-refractivity contribution in [2.45, 2.75) is 38.1 Å². The number of aryl methyl sites for hydroxylation is 1. The van der Waals surface area contributed by atoms with E-state index in [2.05, 4.69) is 20.5 Å². The summed E-state index contributed by atoms with van der Waals surface area (Å²) in [5, 5.41) is 30.1. The second-order valence-electron chi connectivity index (χ2n) is 5.82. The van der Waals surface area contributed by atoms with Gasteiger partial charge in [0.25, 0.3) is 0 Å². The van der Waals surface area contributed by atoms with Crippen LogP contribution >= 0.6 is 0 Å². The first-order chi connectivity index (χ1) is 11.2. The Morgan fingerprint density at radius 2 is 1.88 bits per heavy atom. The van der Waals surface area contributed by atoms with Crippen LogP contribution in [0.3, 0.4) is 0 Å². The normalized spacial score (nSPS) is 20.5. The first-order valence-electron chi connectivity index (χ1n) is 7.29. The molecule has 0 spiro atoms. The van der Waals surface area contributed by atoms with Crippen molar-refractivity contribution in [1.82, 2.24) is 15.2 Å². The Morgan fingerprint density at radius 3 is 2.42 bits per heavy atom. The molecule has 1 aliphatic rings. The van der Waals surface area contributed by atoms with E-state index in [-0.39, 0.29) is 23.5 Å². The van der Waals surface area contributed by atoms with E-state index in [1.807, 2.05) is 0 Å². The topological polar surface area (TPSA) is 91.2 Å². The number of aliphatic hydroxyl groups is 1. The third-order valence-electron chi connectivity index (χ3n) is 3.87. The van der Waals surface area contributed by atoms with Gasteiger partial charge in [0.15, 0.2) is 0 Å². The number of anilines is 1. The molecule has 0 atom stereocenters. The number of aliphatic hydroxyl groups excluding tert-OH is 1. The molecular weight excluding hydrogens is 325 g/mol. The fraction of sp³-hybridized carbons (Fsp3) is 0.400. The molecule has 2 aromatic rings. The van der Waals surface area contributed by atoms with Gasteiger partial charge in [-0.2, -0.15) is 13.2 Å². The summed E-state index contributed by atoms with van der Waals surface area (Å²) in [6.07, 6.45) is -2.97. The quantitative estimate of drug-likeness (QED) is 0.795. The van der Waals surface area contributed by atoms with Crippen molar-refractivity contribution < 1.29 is 23.4 Å². The molecule has 9 heteroatoms. The van der Waals surface area contributed by atoms with Crippen molar-refractivity contribution >= 4 is 5.82 Å². The van der Waals surface area contributed by atoms with Gasteiger partial charge in [-0.3, -0.25) is 0 Å². The average molecular weight is 340 g/mol. The molecule has 0 unspecified atom stereocenters. The number of halogens is 3. The summed E-state index contributed by atoms with van der Waals surface area (Å²) in [6, 6.07) is 2.41. The molecule has 2 aromatic heterocycles. The van der Waals surface area contributed by atoms with Gasteiger partial charge in [0, 0.05) is 12.2 Å². The zero-order valence-electron chi connectivity index (χ0n) is 12.7. The Morgan fingerprint density at radius 1 is 1.17 bits per heavy atom. The number of hydrogen-bond donors (Lipinski definition) is 3. The highest BCUT2D eigenvalue weighted by molar-refractivity contribution is 5.66. The van der Waals surface area contributed by atoms with Crippen LogP contribution in [0.15, 0.2) is 18.3 Å². The number of aromatic nitrogens is 3. The molecule has 0 amide bonds. The minimum absolute atomic E-state index is 0.0568. The number of hydrogen-bond acceptors (Lipinski definition) is 6. The van der Waals surface area contributed by atoms with Gasteiger partial charge in [-0.25, -0.2) is 4.98 Å². The van der Waals surface area contributed by atoms with Gasteiger partial charge in [0.05, 0.1) is 11.7 Å². The summed E-state index contributed by atoms with van der Waals surface area (Å²) in [4.78, 5) is 3.68. The van der Waals surface area contributed by atoms with Crippen LogP contribution in [-0.4, -0.2) is 37.5 Å². The lowest BCUT2D eigenvalue weighted by Gasteiger charge is -2.32. The molecule has 128 valence electrons. The standard InChI is InChI=1S/C15H15F3N4O2/c1-7-2-12(20-9-4-10(23)5-9)21-22-13(7)14-11(24)3-8(6-19-14)15(16,17)18/h2-3,6,9-10,23-24H,4-5H2,1H3,(H,20,21). The Bertz CT molecular complexity index is 761. The summed E-state index contributed by atoms with van der Waals surface area (Å²) in [6.45, 7) is 1.70. The second-order valence-corrected chi connectivity index (χ2v) is 5.82. The maximum absolute atomic E-state index is 12.6. The minimum atomic E-state index is -4.58. The zero-order chi connectivity index (χ0) is 17.5. The van der Waals surface area contributed by atoms with E-state index in [1.54, 1.807) is 13.0 Å². The first kappa shape index (κ1) is 16.4. The van der Waals surface area contributed by atoms with Gasteiger partial charge in [-0.05, 0) is 37.5 Å². The monoisotopic (exact) mass is 340 g/mol. The molecule has 6 nitrogen and oxygen atoms in total. The molecule has 3 N–H and O–H groups in total. The fourth-order valence-electron chi connectivity index (χ4n) is 2.50. The van der Waals surface area contributed by atoms with Crippen molar-refractivity contribution in [3.63, 3.8) is 0 Å². The average Bonchev–Trinajstić information content (AvgIpc) is 2.45. The third kappa shape index (κ3) is 3.25. The van der Waals surface area contributed by atoms with Crippen molar-refractivity contribution in [3.8, 4) is 17.1 Å². The molecular formula is C15H15F3N4O2. The number of alkyl halides is 3. The number of aromatic hydroxyl groups is 1. The summed E-state index contributed by atoms with van der Waals surface area (Å²) < 4.78 is 37.9. The van der Waals surface area contributed by atoms with Crippen molar-refractivity contribution in [1.29, 1.82) is 0 Å². The van der Waals surface area contributed by atoms with E-state index in [4.69, 9.17) is 0 Å². The predicted octanol–water partition coefficient (Wildman–Crippen LogP) is 2.51. The molecule has 1 saturated carbocycles. The number of nitrogens with one attached hydrogen (secondary N) is 1. The molecule has 0 aromatic carbocycles. The molecule has 0 aliphatic heterocycles. The Hall–Kier alpha value is -2.42. The number of pyridine rings is 1. The zero-order valence-corrected chi connectivity index (χ0v) is 12.7. The summed E-state index contributed by atoms with van der Waals surface area (Å²) in [5.41, 5.74) is -0.273. The van der Waals surface area contributed by atoms with Crippen LogP contribution in [0, 0.1) is 6.92 Å². The van der Waals surface area contributed by atoms with Crippen molar-refractivity contribution in [2.24, 2.45) is 0 Å². The third-order valence-corrected chi connectivity index (χ3v) is 3.87. The maximum atomic E-state index is 12.6. The van der Waals surface area contributed by atoms with E-state index in [1.165, 1.54) is 0 Å². The van der Waals surface area contributed by atoms with Gasteiger partial charge in [-0.15, -0.1) is 10.2 Å². The summed E-state index contributed by atoms with van der Waals surface area (Å²) >= 11 is 0. The molecule has 1 fully saturated rings. The molecule has 0 radical (unpaired) electrons. The van der Waals surface area contributed by atoms with Gasteiger partial charge in [0.1, 0.15) is 23.0 Å². The van der Waals surface area contributed by atoms with E-state index in [0.29, 0.717) is 36.5 Å². The Labute approximate surface area is 135 Å². The van der Waals surface area contributed by atoms with Gasteiger partial charge in [0.2, 0.25) is 0 Å². The van der Waals surface area contributed by atoms with Crippen LogP contribution in [0.1, 0.15) is 24.0 Å². The van der Waals surface area contributed by atoms with E-state index >= 15 is 0 Å². The van der Waals surface area contributed by atoms with Gasteiger partial charge >= 0.3 is 6.18 Å². The highest BCUT2D eigenvalue weighted by Gasteiger charge is 2.32. The lowest BCUT2D eigenvalue weighted by Crippen LogP contribution is -2.39. The Balaban J connectivity index is 1.84. The predicted molar refractivity (Wildman–Crippen MR) is 79.3 cm³/mol. The van der Waals surface area contributed by atoms with Crippen LogP contribution in [0.25, 0.3) is 11.4 Å². The lowest BCUT2D eigenvalue weighted by atomic mass is 9.89. The lowest BCUT2D eigenvalue weighted by molar-refractivity contribution is -0.137. The van der Waals surface area contributed by atoms with E-state index in [9.17, 15) is 23.4 Å². The summed E-state index contributed by atoms with van der Waals surface area (Å²) in [5.74, 6) is -0.107. The van der Waals surface area contributed by atoms with Crippen LogP contribution in [-0.2, 0) is 6.18 Å². The van der Waals surface area contributed by atoms with Crippen LogP contribution in [0.2, 0.25) is 0 Å². The molecule has 0 bridgehead atoms. The van der Waals surface area contributed by atoms with E-state index < -0.39 is 17.5 Å².